The Bertz CT molecular complexity index is 407. The lowest BCUT2D eigenvalue weighted by atomic mass is 10.1. The topological polar surface area (TPSA) is 56.7 Å². The second-order valence-electron chi connectivity index (χ2n) is 8.82. The van der Waals surface area contributed by atoms with Gasteiger partial charge in [0.15, 0.2) is 0 Å². The van der Waals surface area contributed by atoms with Gasteiger partial charge >= 0.3 is 12.1 Å². The second kappa shape index (κ2) is 9.55. The number of hydrogen-bond acceptors (Lipinski definition) is 1. The van der Waals surface area contributed by atoms with Crippen LogP contribution in [0.5, 0.6) is 0 Å². The standard InChI is InChI=1S/C17H37N3OSi2/c1-9-10-11-12-13-15(2)20(16(21)14-19-18)17(22(3,4)5)23(6,7)8/h14-15,17H,9-13H2,1-8H3. The maximum Gasteiger partial charge on any atom is 0.344 e. The molecule has 0 spiro atoms. The van der Waals surface area contributed by atoms with E-state index in [2.05, 4.69) is 62.8 Å². The zero-order chi connectivity index (χ0) is 18.3. The lowest BCUT2D eigenvalue weighted by Gasteiger charge is -2.47. The summed E-state index contributed by atoms with van der Waals surface area (Å²) in [4.78, 5) is 17.7. The average Bonchev–Trinajstić information content (AvgIpc) is 2.37. The van der Waals surface area contributed by atoms with Gasteiger partial charge in [-0.2, -0.15) is 4.79 Å². The van der Waals surface area contributed by atoms with Crippen LogP contribution in [0.1, 0.15) is 46.0 Å². The molecule has 0 aromatic heterocycles. The summed E-state index contributed by atoms with van der Waals surface area (Å²) < 4.78 is 0. The third-order valence-corrected chi connectivity index (χ3v) is 13.3. The molecule has 0 aliphatic rings. The predicted molar refractivity (Wildman–Crippen MR) is 105 cm³/mol. The van der Waals surface area contributed by atoms with Crippen molar-refractivity contribution in [1.82, 2.24) is 4.90 Å². The minimum atomic E-state index is -1.57. The lowest BCUT2D eigenvalue weighted by Crippen LogP contribution is -2.66. The van der Waals surface area contributed by atoms with Crippen molar-refractivity contribution in [2.75, 3.05) is 0 Å². The minimum absolute atomic E-state index is 0.134. The molecule has 0 fully saturated rings. The summed E-state index contributed by atoms with van der Waals surface area (Å²) in [6.07, 6.45) is 6.96. The Morgan fingerprint density at radius 3 is 2.00 bits per heavy atom. The van der Waals surface area contributed by atoms with Gasteiger partial charge in [-0.3, -0.25) is 4.79 Å². The van der Waals surface area contributed by atoms with E-state index >= 15 is 0 Å². The van der Waals surface area contributed by atoms with Gasteiger partial charge in [0.1, 0.15) is 0 Å². The molecule has 0 rings (SSSR count). The van der Waals surface area contributed by atoms with Crippen LogP contribution in [0, 0.1) is 0 Å². The molecule has 23 heavy (non-hydrogen) atoms. The molecule has 1 unspecified atom stereocenters. The van der Waals surface area contributed by atoms with Crippen LogP contribution >= 0.6 is 0 Å². The molecule has 0 bridgehead atoms. The predicted octanol–water partition coefficient (Wildman–Crippen LogP) is 4.60. The molecule has 6 heteroatoms. The summed E-state index contributed by atoms with van der Waals surface area (Å²) in [5, 5.41) is 0.335. The molecule has 0 radical (unpaired) electrons. The highest BCUT2D eigenvalue weighted by Gasteiger charge is 2.45. The van der Waals surface area contributed by atoms with Crippen LogP contribution in [0.3, 0.4) is 0 Å². The van der Waals surface area contributed by atoms with Crippen molar-refractivity contribution in [3.8, 4) is 0 Å². The first-order valence-corrected chi connectivity index (χ1v) is 16.1. The molecule has 0 heterocycles. The van der Waals surface area contributed by atoms with E-state index < -0.39 is 16.1 Å². The maximum absolute atomic E-state index is 12.7. The highest BCUT2D eigenvalue weighted by Crippen LogP contribution is 2.28. The van der Waals surface area contributed by atoms with Gasteiger partial charge in [-0.1, -0.05) is 71.9 Å². The minimum Gasteiger partial charge on any atom is -0.361 e. The van der Waals surface area contributed by atoms with Crippen molar-refractivity contribution in [2.45, 2.75) is 96.6 Å². The van der Waals surface area contributed by atoms with Crippen LogP contribution in [0.25, 0.3) is 5.53 Å². The molecule has 1 amide bonds. The van der Waals surface area contributed by atoms with E-state index in [1.807, 2.05) is 0 Å². The van der Waals surface area contributed by atoms with Gasteiger partial charge in [-0.25, -0.2) is 0 Å². The van der Waals surface area contributed by atoms with Gasteiger partial charge in [0.05, 0.1) is 16.1 Å². The molecule has 0 N–H and O–H groups in total. The number of carbonyl (C=O) groups is 1. The Morgan fingerprint density at radius 1 is 1.09 bits per heavy atom. The number of rotatable bonds is 10. The highest BCUT2D eigenvalue weighted by atomic mass is 28.4. The lowest BCUT2D eigenvalue weighted by molar-refractivity contribution is -0.129. The van der Waals surface area contributed by atoms with E-state index in [4.69, 9.17) is 5.53 Å². The van der Waals surface area contributed by atoms with Crippen molar-refractivity contribution in [3.63, 3.8) is 0 Å². The van der Waals surface area contributed by atoms with Gasteiger partial charge in [-0.15, -0.1) is 0 Å². The van der Waals surface area contributed by atoms with E-state index in [0.717, 1.165) is 19.1 Å². The summed E-state index contributed by atoms with van der Waals surface area (Å²) in [7, 11) is -3.14. The van der Waals surface area contributed by atoms with E-state index in [1.54, 1.807) is 0 Å². The fourth-order valence-corrected chi connectivity index (χ4v) is 16.7. The fourth-order valence-electron chi connectivity index (χ4n) is 3.85. The molecule has 0 aromatic carbocycles. The van der Waals surface area contributed by atoms with Gasteiger partial charge < -0.3 is 10.4 Å². The smallest absolute Gasteiger partial charge is 0.344 e. The number of amides is 1. The molecule has 0 aliphatic carbocycles. The van der Waals surface area contributed by atoms with Crippen LogP contribution < -0.4 is 0 Å². The van der Waals surface area contributed by atoms with E-state index in [0.29, 0.717) is 5.29 Å². The SMILES string of the molecule is CCCCCCC(C)N(C(=O)C=[N+]=[N-])C([Si](C)(C)C)[Si](C)(C)C. The van der Waals surface area contributed by atoms with Gasteiger partial charge in [0.25, 0.3) is 0 Å². The van der Waals surface area contributed by atoms with Crippen LogP contribution in [0.4, 0.5) is 0 Å². The molecule has 0 aliphatic heterocycles. The monoisotopic (exact) mass is 355 g/mol. The molecule has 0 aromatic rings. The zero-order valence-corrected chi connectivity index (χ0v) is 18.5. The Labute approximate surface area is 145 Å². The van der Waals surface area contributed by atoms with Crippen molar-refractivity contribution in [1.29, 1.82) is 0 Å². The molecular formula is C17H37N3OSi2. The highest BCUT2D eigenvalue weighted by molar-refractivity contribution is 6.96. The van der Waals surface area contributed by atoms with E-state index in [1.165, 1.54) is 19.3 Å². The van der Waals surface area contributed by atoms with Crippen molar-refractivity contribution in [2.24, 2.45) is 0 Å². The molecular weight excluding hydrogens is 318 g/mol. The third kappa shape index (κ3) is 7.59. The third-order valence-electron chi connectivity index (χ3n) is 4.29. The van der Waals surface area contributed by atoms with E-state index in [-0.39, 0.29) is 11.9 Å². The zero-order valence-electron chi connectivity index (χ0n) is 16.5. The number of hydrogen-bond donors (Lipinski definition) is 0. The maximum atomic E-state index is 12.7. The average molecular weight is 356 g/mol. The number of unbranched alkanes of at least 4 members (excludes halogenated alkanes) is 3. The quantitative estimate of drug-likeness (QED) is 0.186. The molecule has 1 atom stereocenters. The molecule has 0 saturated carbocycles. The van der Waals surface area contributed by atoms with Gasteiger partial charge in [0, 0.05) is 11.3 Å². The summed E-state index contributed by atoms with van der Waals surface area (Å²) in [6.45, 7) is 18.4. The van der Waals surface area contributed by atoms with Crippen LogP contribution in [0.2, 0.25) is 39.3 Å². The number of nitrogens with zero attached hydrogens (tertiary/aromatic N) is 3. The summed E-state index contributed by atoms with van der Waals surface area (Å²) in [5.41, 5.74) is 8.85. The van der Waals surface area contributed by atoms with Crippen molar-refractivity contribution < 1.29 is 9.58 Å². The Balaban J connectivity index is 5.48. The van der Waals surface area contributed by atoms with Crippen molar-refractivity contribution in [3.05, 3.63) is 5.53 Å². The fraction of sp³-hybridized carbons (Fsp3) is 0.882. The Kier molecular flexibility index (Phi) is 9.25. The summed E-state index contributed by atoms with van der Waals surface area (Å²) in [6, 6.07) is 0.195. The second-order valence-corrected chi connectivity index (χ2v) is 20.0. The number of carbonyl (C=O) groups excluding carboxylic acids is 1. The molecule has 0 saturated heterocycles. The van der Waals surface area contributed by atoms with Crippen LogP contribution in [-0.4, -0.2) is 49.3 Å². The van der Waals surface area contributed by atoms with E-state index in [9.17, 15) is 4.79 Å². The summed E-state index contributed by atoms with van der Waals surface area (Å²) in [5.74, 6) is -0.134. The summed E-state index contributed by atoms with van der Waals surface area (Å²) >= 11 is 0. The van der Waals surface area contributed by atoms with Gasteiger partial charge in [0.2, 0.25) is 0 Å². The largest absolute Gasteiger partial charge is 0.361 e. The Morgan fingerprint density at radius 2 is 1.61 bits per heavy atom. The van der Waals surface area contributed by atoms with Crippen LogP contribution in [0.15, 0.2) is 0 Å². The van der Waals surface area contributed by atoms with Crippen molar-refractivity contribution >= 4 is 28.3 Å². The molecule has 4 nitrogen and oxygen atoms in total. The van der Waals surface area contributed by atoms with Gasteiger partial charge in [-0.05, 0) is 13.3 Å². The molecule has 134 valence electrons. The normalized spacial score (nSPS) is 13.6. The first kappa shape index (κ1) is 22.3. The van der Waals surface area contributed by atoms with Crippen LogP contribution in [-0.2, 0) is 4.79 Å². The Hall–Kier alpha value is -0.716. The first-order valence-electron chi connectivity index (χ1n) is 8.96. The first-order chi connectivity index (χ1) is 10.5.